The minimum Gasteiger partial charge on any atom is -0.392 e. The zero-order valence-corrected chi connectivity index (χ0v) is 30.5. The number of nitrogens with zero attached hydrogens (tertiary/aromatic N) is 2. The molecule has 1 saturated heterocycles. The van der Waals surface area contributed by atoms with Crippen LogP contribution in [0.5, 0.6) is 0 Å². The number of aliphatic hydroxyl groups is 1. The summed E-state index contributed by atoms with van der Waals surface area (Å²) in [4.78, 5) is 30.1. The summed E-state index contributed by atoms with van der Waals surface area (Å²) in [5.41, 5.74) is 4.17. The van der Waals surface area contributed by atoms with Gasteiger partial charge in [0.15, 0.2) is 6.29 Å². The molecule has 2 aliphatic rings. The lowest BCUT2D eigenvalue weighted by molar-refractivity contribution is -0.276. The number of hydrogen-bond acceptors (Lipinski definition) is 6. The van der Waals surface area contributed by atoms with Crippen molar-refractivity contribution in [3.05, 3.63) is 101 Å². The molecule has 1 fully saturated rings. The molecule has 1 N–H and O–H groups in total. The molecule has 4 atom stereocenters. The molecule has 7 heteroatoms. The van der Waals surface area contributed by atoms with E-state index in [0.29, 0.717) is 16.8 Å². The summed E-state index contributed by atoms with van der Waals surface area (Å²) in [5, 5.41) is 9.67. The van der Waals surface area contributed by atoms with Crippen molar-refractivity contribution in [3.63, 3.8) is 0 Å². The van der Waals surface area contributed by atoms with E-state index in [4.69, 9.17) is 9.47 Å². The van der Waals surface area contributed by atoms with E-state index in [9.17, 15) is 14.7 Å². The lowest BCUT2D eigenvalue weighted by Gasteiger charge is -2.43. The highest BCUT2D eigenvalue weighted by Crippen LogP contribution is 2.42. The second-order valence-corrected chi connectivity index (χ2v) is 14.2. The molecular formula is C43H58N2O5. The molecule has 0 aromatic heterocycles. The fraction of sp³-hybridized carbons (Fsp3) is 0.535. The number of aliphatic hydroxyl groups excluding tert-OH is 1. The van der Waals surface area contributed by atoms with Gasteiger partial charge in [0.1, 0.15) is 0 Å². The highest BCUT2D eigenvalue weighted by atomic mass is 16.7. The Kier molecular flexibility index (Phi) is 14.6. The number of imide groups is 1. The van der Waals surface area contributed by atoms with E-state index in [1.54, 1.807) is 24.3 Å². The number of ether oxygens (including phenoxy) is 2. The normalized spacial score (nSPS) is 20.5. The van der Waals surface area contributed by atoms with Crippen LogP contribution in [0.15, 0.2) is 72.8 Å². The monoisotopic (exact) mass is 682 g/mol. The molecule has 270 valence electrons. The standard InChI is InChI=1S/C43H58N2O5/c1-4-6-8-10-12-16-28-44(29-17-13-11-9-7-5-2)30-39-32(3)40(34-22-20-33(31-46)21-23-34)50-43(49-39)35-24-26-36(27-25-35)45-41(47)37-18-14-15-19-38(37)42(45)48/h14-15,18-27,32,39-40,43,46H,4-13,16-17,28-31H2,1-3H3. The van der Waals surface area contributed by atoms with Gasteiger partial charge in [0.05, 0.1) is 35.6 Å². The van der Waals surface area contributed by atoms with Gasteiger partial charge in [-0.25, -0.2) is 4.90 Å². The lowest BCUT2D eigenvalue weighted by Crippen LogP contribution is -2.45. The van der Waals surface area contributed by atoms with Gasteiger partial charge in [-0.1, -0.05) is 134 Å². The predicted molar refractivity (Wildman–Crippen MR) is 200 cm³/mol. The Morgan fingerprint density at radius 2 is 1.18 bits per heavy atom. The number of carbonyl (C=O) groups is 2. The molecule has 0 saturated carbocycles. The molecule has 0 spiro atoms. The maximum Gasteiger partial charge on any atom is 0.266 e. The molecule has 50 heavy (non-hydrogen) atoms. The minimum atomic E-state index is -0.611. The number of rotatable bonds is 20. The SMILES string of the molecule is CCCCCCCCN(CCCCCCCC)CC1OC(c2ccc(N3C(=O)c4ccccc4C3=O)cc2)OC(c2ccc(CO)cc2)C1C. The zero-order valence-electron chi connectivity index (χ0n) is 30.5. The Morgan fingerprint density at radius 1 is 0.660 bits per heavy atom. The van der Waals surface area contributed by atoms with Gasteiger partial charge < -0.3 is 19.5 Å². The van der Waals surface area contributed by atoms with Crippen molar-refractivity contribution in [1.29, 1.82) is 0 Å². The quantitative estimate of drug-likeness (QED) is 0.0944. The van der Waals surface area contributed by atoms with E-state index < -0.39 is 6.29 Å². The van der Waals surface area contributed by atoms with Gasteiger partial charge in [0, 0.05) is 18.0 Å². The van der Waals surface area contributed by atoms with E-state index in [1.807, 2.05) is 36.4 Å². The van der Waals surface area contributed by atoms with E-state index in [1.165, 1.54) is 81.9 Å². The van der Waals surface area contributed by atoms with Crippen LogP contribution in [0.4, 0.5) is 5.69 Å². The van der Waals surface area contributed by atoms with Crippen molar-refractivity contribution in [2.24, 2.45) is 5.92 Å². The zero-order chi connectivity index (χ0) is 35.3. The maximum absolute atomic E-state index is 13.1. The molecule has 5 rings (SSSR count). The molecule has 3 aromatic carbocycles. The van der Waals surface area contributed by atoms with E-state index in [0.717, 1.165) is 36.3 Å². The van der Waals surface area contributed by atoms with Crippen LogP contribution in [0.25, 0.3) is 0 Å². The van der Waals surface area contributed by atoms with Gasteiger partial charge in [0.2, 0.25) is 0 Å². The molecular weight excluding hydrogens is 624 g/mol. The summed E-state index contributed by atoms with van der Waals surface area (Å²) in [7, 11) is 0. The third-order valence-electron chi connectivity index (χ3n) is 10.4. The Morgan fingerprint density at radius 3 is 1.72 bits per heavy atom. The van der Waals surface area contributed by atoms with Crippen LogP contribution < -0.4 is 4.90 Å². The Hall–Kier alpha value is -3.36. The van der Waals surface area contributed by atoms with E-state index in [2.05, 4.69) is 37.8 Å². The fourth-order valence-electron chi connectivity index (χ4n) is 7.31. The van der Waals surface area contributed by atoms with E-state index >= 15 is 0 Å². The molecule has 3 aromatic rings. The molecule has 0 aliphatic carbocycles. The van der Waals surface area contributed by atoms with E-state index in [-0.39, 0.29) is 36.5 Å². The molecule has 7 nitrogen and oxygen atoms in total. The van der Waals surface area contributed by atoms with Gasteiger partial charge in [-0.3, -0.25) is 9.59 Å². The number of carbonyl (C=O) groups excluding carboxylic acids is 2. The van der Waals surface area contributed by atoms with Crippen molar-refractivity contribution in [2.75, 3.05) is 24.5 Å². The molecule has 2 heterocycles. The number of unbranched alkanes of at least 4 members (excludes halogenated alkanes) is 10. The molecule has 4 unspecified atom stereocenters. The highest BCUT2D eigenvalue weighted by Gasteiger charge is 2.40. The first-order chi connectivity index (χ1) is 24.4. The first-order valence-electron chi connectivity index (χ1n) is 19.3. The molecule has 0 bridgehead atoms. The lowest BCUT2D eigenvalue weighted by atomic mass is 9.90. The van der Waals surface area contributed by atoms with Crippen LogP contribution in [0.3, 0.4) is 0 Å². The molecule has 0 radical (unpaired) electrons. The van der Waals surface area contributed by atoms with Gasteiger partial charge in [0.25, 0.3) is 11.8 Å². The number of hydrogen-bond donors (Lipinski definition) is 1. The topological polar surface area (TPSA) is 79.3 Å². The smallest absolute Gasteiger partial charge is 0.266 e. The number of fused-ring (bicyclic) bond motifs is 1. The molecule has 2 aliphatic heterocycles. The third-order valence-corrected chi connectivity index (χ3v) is 10.4. The van der Waals surface area contributed by atoms with Crippen LogP contribution in [0.1, 0.15) is 148 Å². The van der Waals surface area contributed by atoms with Crippen LogP contribution in [0.2, 0.25) is 0 Å². The Labute approximate surface area is 300 Å². The summed E-state index contributed by atoms with van der Waals surface area (Å²) in [6, 6.07) is 22.4. The summed E-state index contributed by atoms with van der Waals surface area (Å²) < 4.78 is 13.6. The summed E-state index contributed by atoms with van der Waals surface area (Å²) in [6.45, 7) is 9.74. The van der Waals surface area contributed by atoms with Gasteiger partial charge in [-0.15, -0.1) is 0 Å². The number of amides is 2. The second-order valence-electron chi connectivity index (χ2n) is 14.2. The van der Waals surface area contributed by atoms with Crippen LogP contribution in [-0.4, -0.2) is 47.6 Å². The van der Waals surface area contributed by atoms with Crippen molar-refractivity contribution in [3.8, 4) is 0 Å². The fourth-order valence-corrected chi connectivity index (χ4v) is 7.31. The average Bonchev–Trinajstić information content (AvgIpc) is 3.40. The van der Waals surface area contributed by atoms with Crippen molar-refractivity contribution >= 4 is 17.5 Å². The second kappa shape index (κ2) is 19.3. The van der Waals surface area contributed by atoms with Gasteiger partial charge >= 0.3 is 0 Å². The van der Waals surface area contributed by atoms with Crippen molar-refractivity contribution in [2.45, 2.75) is 123 Å². The van der Waals surface area contributed by atoms with Gasteiger partial charge in [-0.05, 0) is 61.3 Å². The molecule has 2 amide bonds. The van der Waals surface area contributed by atoms with Crippen LogP contribution >= 0.6 is 0 Å². The summed E-state index contributed by atoms with van der Waals surface area (Å²) in [5.74, 6) is -0.514. The highest BCUT2D eigenvalue weighted by molar-refractivity contribution is 6.34. The predicted octanol–water partition coefficient (Wildman–Crippen LogP) is 9.79. The summed E-state index contributed by atoms with van der Waals surface area (Å²) >= 11 is 0. The van der Waals surface area contributed by atoms with Crippen molar-refractivity contribution < 1.29 is 24.2 Å². The Bertz CT molecular complexity index is 1440. The van der Waals surface area contributed by atoms with Crippen molar-refractivity contribution in [1.82, 2.24) is 4.90 Å². The minimum absolute atomic E-state index is 0.00101. The maximum atomic E-state index is 13.1. The first kappa shape index (κ1) is 37.9. The summed E-state index contributed by atoms with van der Waals surface area (Å²) in [6.07, 6.45) is 14.4. The third kappa shape index (κ3) is 9.70. The number of benzene rings is 3. The van der Waals surface area contributed by atoms with Crippen LogP contribution in [0, 0.1) is 5.92 Å². The average molecular weight is 683 g/mol. The first-order valence-corrected chi connectivity index (χ1v) is 19.3. The van der Waals surface area contributed by atoms with Gasteiger partial charge in [-0.2, -0.15) is 0 Å². The van der Waals surface area contributed by atoms with Crippen LogP contribution in [-0.2, 0) is 16.1 Å². The Balaban J connectivity index is 1.33. The number of anilines is 1. The largest absolute Gasteiger partial charge is 0.392 e.